The molecule has 0 aliphatic carbocycles. The molecule has 3 aromatic carbocycles. The third-order valence-electron chi connectivity index (χ3n) is 5.30. The maximum Gasteiger partial charge on any atom is 0.165 e. The lowest BCUT2D eigenvalue weighted by molar-refractivity contribution is 0.340. The average molecular weight is 437 g/mol. The first-order valence-corrected chi connectivity index (χ1v) is 10.7. The number of aryl methyl sites for hydroxylation is 1. The lowest BCUT2D eigenvalue weighted by Gasteiger charge is -2.24. The van der Waals surface area contributed by atoms with Crippen LogP contribution in [0.15, 0.2) is 66.7 Å². The molecule has 160 valence electrons. The van der Waals surface area contributed by atoms with E-state index in [1.807, 2.05) is 31.2 Å². The minimum absolute atomic E-state index is 0.200. The van der Waals surface area contributed by atoms with Gasteiger partial charge in [-0.1, -0.05) is 35.7 Å². The van der Waals surface area contributed by atoms with Crippen LogP contribution in [-0.4, -0.2) is 6.61 Å². The number of halogens is 2. The Morgan fingerprint density at radius 2 is 1.68 bits per heavy atom. The van der Waals surface area contributed by atoms with Gasteiger partial charge in [-0.15, -0.1) is 6.42 Å². The molecule has 0 saturated carbocycles. The second-order valence-electron chi connectivity index (χ2n) is 7.61. The monoisotopic (exact) mass is 436 g/mol. The second kappa shape index (κ2) is 10.4. The number of rotatable bonds is 9. The smallest absolute Gasteiger partial charge is 0.165 e. The molecule has 0 N–H and O–H groups in total. The minimum atomic E-state index is -0.401. The van der Waals surface area contributed by atoms with Crippen LogP contribution in [0, 0.1) is 18.2 Å². The van der Waals surface area contributed by atoms with Crippen LogP contribution in [0.2, 0.25) is 5.02 Å². The molecule has 0 bridgehead atoms. The van der Waals surface area contributed by atoms with Crippen LogP contribution in [0.3, 0.4) is 0 Å². The van der Waals surface area contributed by atoms with E-state index in [9.17, 15) is 4.39 Å². The highest BCUT2D eigenvalue weighted by molar-refractivity contribution is 6.30. The van der Waals surface area contributed by atoms with Gasteiger partial charge in [-0.3, -0.25) is 0 Å². The Labute approximate surface area is 189 Å². The van der Waals surface area contributed by atoms with Crippen LogP contribution in [-0.2, 0) is 11.8 Å². The summed E-state index contributed by atoms with van der Waals surface area (Å²) in [5, 5.41) is 0.602. The van der Waals surface area contributed by atoms with E-state index in [4.69, 9.17) is 27.5 Å². The number of benzene rings is 3. The van der Waals surface area contributed by atoms with Gasteiger partial charge in [0.25, 0.3) is 0 Å². The van der Waals surface area contributed by atoms with Gasteiger partial charge in [0.05, 0.1) is 12.0 Å². The Balaban J connectivity index is 1.64. The molecule has 0 aromatic heterocycles. The molecule has 0 radical (unpaired) electrons. The molecule has 0 fully saturated rings. The Hall–Kier alpha value is -2.96. The maximum absolute atomic E-state index is 14.2. The van der Waals surface area contributed by atoms with Crippen LogP contribution < -0.4 is 9.47 Å². The van der Waals surface area contributed by atoms with Gasteiger partial charge >= 0.3 is 0 Å². The first kappa shape index (κ1) is 22.7. The molecular formula is C27H26ClFO2. The minimum Gasteiger partial charge on any atom is -0.494 e. The summed E-state index contributed by atoms with van der Waals surface area (Å²) in [5.41, 5.74) is 1.70. The zero-order valence-corrected chi connectivity index (χ0v) is 18.6. The van der Waals surface area contributed by atoms with E-state index in [0.717, 1.165) is 36.1 Å². The molecule has 0 saturated heterocycles. The van der Waals surface area contributed by atoms with Crippen LogP contribution in [0.25, 0.3) is 0 Å². The molecule has 2 nitrogen and oxygen atoms in total. The molecule has 0 amide bonds. The first-order chi connectivity index (χ1) is 14.9. The largest absolute Gasteiger partial charge is 0.494 e. The third kappa shape index (κ3) is 6.03. The van der Waals surface area contributed by atoms with E-state index in [0.29, 0.717) is 17.4 Å². The van der Waals surface area contributed by atoms with Crippen molar-refractivity contribution < 1.29 is 13.9 Å². The average Bonchev–Trinajstić information content (AvgIpc) is 2.78. The van der Waals surface area contributed by atoms with Crippen LogP contribution in [0.1, 0.15) is 37.8 Å². The molecule has 0 heterocycles. The van der Waals surface area contributed by atoms with Crippen LogP contribution in [0.5, 0.6) is 17.2 Å². The van der Waals surface area contributed by atoms with Crippen LogP contribution in [0.4, 0.5) is 4.39 Å². The predicted molar refractivity (Wildman–Crippen MR) is 125 cm³/mol. The van der Waals surface area contributed by atoms with Crippen molar-refractivity contribution in [3.8, 4) is 29.6 Å². The maximum atomic E-state index is 14.2. The molecule has 1 unspecified atom stereocenters. The fourth-order valence-corrected chi connectivity index (χ4v) is 3.57. The van der Waals surface area contributed by atoms with Crippen molar-refractivity contribution in [1.82, 2.24) is 0 Å². The van der Waals surface area contributed by atoms with E-state index in [1.165, 1.54) is 6.07 Å². The van der Waals surface area contributed by atoms with E-state index in [1.54, 1.807) is 36.4 Å². The molecule has 0 aliphatic heterocycles. The van der Waals surface area contributed by atoms with E-state index in [-0.39, 0.29) is 11.2 Å². The van der Waals surface area contributed by atoms with Crippen molar-refractivity contribution in [2.75, 3.05) is 6.61 Å². The van der Waals surface area contributed by atoms with Gasteiger partial charge in [0.15, 0.2) is 11.6 Å². The van der Waals surface area contributed by atoms with Crippen molar-refractivity contribution in [3.63, 3.8) is 0 Å². The van der Waals surface area contributed by atoms with Crippen molar-refractivity contribution in [2.45, 2.75) is 38.5 Å². The van der Waals surface area contributed by atoms with E-state index in [2.05, 4.69) is 12.8 Å². The summed E-state index contributed by atoms with van der Waals surface area (Å²) >= 11 is 5.89. The van der Waals surface area contributed by atoms with Crippen molar-refractivity contribution >= 4 is 11.6 Å². The Bertz CT molecular complexity index is 1040. The molecule has 3 rings (SSSR count). The van der Waals surface area contributed by atoms with Gasteiger partial charge in [0.1, 0.15) is 11.5 Å². The lowest BCUT2D eigenvalue weighted by Crippen LogP contribution is -2.19. The molecule has 0 aliphatic rings. The van der Waals surface area contributed by atoms with Crippen LogP contribution >= 0.6 is 11.6 Å². The van der Waals surface area contributed by atoms with Gasteiger partial charge in [-0.2, -0.15) is 0 Å². The quantitative estimate of drug-likeness (QED) is 0.322. The normalized spacial score (nSPS) is 12.6. The van der Waals surface area contributed by atoms with Gasteiger partial charge in [0, 0.05) is 5.02 Å². The Morgan fingerprint density at radius 1 is 1.00 bits per heavy atom. The molecule has 4 heteroatoms. The Kier molecular flexibility index (Phi) is 7.60. The van der Waals surface area contributed by atoms with Crippen molar-refractivity contribution in [1.29, 1.82) is 0 Å². The fraction of sp³-hybridized carbons (Fsp3) is 0.259. The molecular weight excluding hydrogens is 411 g/mol. The predicted octanol–water partition coefficient (Wildman–Crippen LogP) is 7.58. The SMILES string of the molecule is C#CC(C)(CCCc1ccc(F)c(Oc2ccc(Cl)cc2)c1)c1ccc(OCC)cc1. The van der Waals surface area contributed by atoms with E-state index < -0.39 is 5.82 Å². The lowest BCUT2D eigenvalue weighted by atomic mass is 9.78. The third-order valence-corrected chi connectivity index (χ3v) is 5.55. The summed E-state index contributed by atoms with van der Waals surface area (Å²) in [6.45, 7) is 4.66. The molecule has 3 aromatic rings. The highest BCUT2D eigenvalue weighted by atomic mass is 35.5. The molecule has 1 atom stereocenters. The summed E-state index contributed by atoms with van der Waals surface area (Å²) in [6, 6.07) is 19.8. The highest BCUT2D eigenvalue weighted by Crippen LogP contribution is 2.31. The Morgan fingerprint density at radius 3 is 2.32 bits per heavy atom. The number of hydrogen-bond donors (Lipinski definition) is 0. The summed E-state index contributed by atoms with van der Waals surface area (Å²) in [4.78, 5) is 0. The zero-order chi connectivity index (χ0) is 22.3. The van der Waals surface area contributed by atoms with Gasteiger partial charge in [-0.05, 0) is 92.8 Å². The standard InChI is InChI=1S/C27H26ClFO2/c1-4-27(3,21-9-13-23(14-10-21)30-5-2)18-6-7-20-8-17-25(29)26(19-20)31-24-15-11-22(28)12-16-24/h1,8-17,19H,5-7,18H2,2-3H3. The van der Waals surface area contributed by atoms with Crippen molar-refractivity contribution in [3.05, 3.63) is 88.7 Å². The highest BCUT2D eigenvalue weighted by Gasteiger charge is 2.23. The number of terminal acetylenes is 1. The van der Waals surface area contributed by atoms with Gasteiger partial charge in [0.2, 0.25) is 0 Å². The van der Waals surface area contributed by atoms with Gasteiger partial charge < -0.3 is 9.47 Å². The summed E-state index contributed by atoms with van der Waals surface area (Å²) in [7, 11) is 0. The zero-order valence-electron chi connectivity index (χ0n) is 17.8. The number of ether oxygens (including phenoxy) is 2. The number of hydrogen-bond acceptors (Lipinski definition) is 2. The first-order valence-electron chi connectivity index (χ1n) is 10.4. The van der Waals surface area contributed by atoms with Gasteiger partial charge in [-0.25, -0.2) is 4.39 Å². The molecule has 31 heavy (non-hydrogen) atoms. The van der Waals surface area contributed by atoms with E-state index >= 15 is 0 Å². The summed E-state index contributed by atoms with van der Waals surface area (Å²) < 4.78 is 25.4. The molecule has 0 spiro atoms. The summed E-state index contributed by atoms with van der Waals surface area (Å²) in [6.07, 6.45) is 8.33. The topological polar surface area (TPSA) is 18.5 Å². The fourth-order valence-electron chi connectivity index (χ4n) is 3.44. The second-order valence-corrected chi connectivity index (χ2v) is 8.04. The summed E-state index contributed by atoms with van der Waals surface area (Å²) in [5.74, 6) is 4.13. The van der Waals surface area contributed by atoms with Crippen molar-refractivity contribution in [2.24, 2.45) is 0 Å².